The number of para-hydroxylation sites is 1. The zero-order valence-corrected chi connectivity index (χ0v) is 11.8. The smallest absolute Gasteiger partial charge is 0.324 e. The number of phenolic OH excluding ortho intramolecular Hbond substituents is 1. The maximum Gasteiger partial charge on any atom is 0.324 e. The van der Waals surface area contributed by atoms with Crippen molar-refractivity contribution < 1.29 is 14.8 Å². The number of thiophene rings is 1. The van der Waals surface area contributed by atoms with Crippen LogP contribution in [0.2, 0.25) is 0 Å². The van der Waals surface area contributed by atoms with Gasteiger partial charge in [-0.25, -0.2) is 5.43 Å². The highest BCUT2D eigenvalue weighted by atomic mass is 32.1. The van der Waals surface area contributed by atoms with Gasteiger partial charge in [-0.15, -0.1) is 0 Å². The van der Waals surface area contributed by atoms with E-state index in [1.807, 2.05) is 0 Å². The van der Waals surface area contributed by atoms with Crippen molar-refractivity contribution in [3.63, 3.8) is 0 Å². The number of aromatic hydroxyl groups is 1. The number of nitrogens with zero attached hydrogens (tertiary/aromatic N) is 2. The molecule has 0 unspecified atom stereocenters. The van der Waals surface area contributed by atoms with Gasteiger partial charge in [0.1, 0.15) is 5.75 Å². The molecule has 0 aliphatic heterocycles. The molecule has 2 N–H and O–H groups in total. The molecule has 0 saturated carbocycles. The van der Waals surface area contributed by atoms with E-state index in [0.29, 0.717) is 10.4 Å². The second kappa shape index (κ2) is 6.14. The van der Waals surface area contributed by atoms with E-state index in [1.54, 1.807) is 19.1 Å². The van der Waals surface area contributed by atoms with Gasteiger partial charge < -0.3 is 5.11 Å². The molecule has 0 saturated heterocycles. The summed E-state index contributed by atoms with van der Waals surface area (Å²) in [5, 5.41) is 24.0. The lowest BCUT2D eigenvalue weighted by Gasteiger charge is -2.04. The minimum absolute atomic E-state index is 0.000829. The number of carbonyl (C=O) groups excluding carboxylic acids is 1. The molecule has 0 fully saturated rings. The van der Waals surface area contributed by atoms with Gasteiger partial charge >= 0.3 is 5.00 Å². The van der Waals surface area contributed by atoms with Gasteiger partial charge in [-0.05, 0) is 24.6 Å². The fourth-order valence-corrected chi connectivity index (χ4v) is 2.26. The predicted octanol–water partition coefficient (Wildman–Crippen LogP) is 2.43. The molecule has 2 aromatic rings. The van der Waals surface area contributed by atoms with Crippen molar-refractivity contribution in [2.45, 2.75) is 6.92 Å². The Bertz CT molecular complexity index is 724. The standard InChI is InChI=1S/C13H11N3O4S/c1-8-3-2-4-10(12(8)17)13(18)15-14-7-9-5-6-11(21-9)16(19)20/h2-7,17H,1H3,(H,15,18)/b14-7-. The first-order valence-electron chi connectivity index (χ1n) is 5.85. The first-order chi connectivity index (χ1) is 9.99. The Hall–Kier alpha value is -2.74. The molecule has 0 atom stereocenters. The Morgan fingerprint density at radius 3 is 2.86 bits per heavy atom. The number of hydrogen-bond acceptors (Lipinski definition) is 6. The second-order valence-electron chi connectivity index (χ2n) is 4.10. The third-order valence-electron chi connectivity index (χ3n) is 2.63. The maximum atomic E-state index is 11.8. The highest BCUT2D eigenvalue weighted by Gasteiger charge is 2.12. The largest absolute Gasteiger partial charge is 0.507 e. The molecule has 1 aromatic carbocycles. The van der Waals surface area contributed by atoms with E-state index in [9.17, 15) is 20.0 Å². The Morgan fingerprint density at radius 1 is 1.43 bits per heavy atom. The number of hydrazone groups is 1. The monoisotopic (exact) mass is 305 g/mol. The predicted molar refractivity (Wildman–Crippen MR) is 78.9 cm³/mol. The number of benzene rings is 1. The van der Waals surface area contributed by atoms with Gasteiger partial charge in [0.2, 0.25) is 0 Å². The van der Waals surface area contributed by atoms with Gasteiger partial charge in [0.15, 0.2) is 0 Å². The number of nitro groups is 1. The van der Waals surface area contributed by atoms with Crippen molar-refractivity contribution in [1.29, 1.82) is 0 Å². The number of carbonyl (C=O) groups is 1. The van der Waals surface area contributed by atoms with Crippen molar-refractivity contribution >= 4 is 28.5 Å². The number of aryl methyl sites for hydroxylation is 1. The molecular formula is C13H11N3O4S. The average Bonchev–Trinajstić information content (AvgIpc) is 2.91. The number of rotatable bonds is 4. The van der Waals surface area contributed by atoms with Crippen LogP contribution < -0.4 is 5.43 Å². The van der Waals surface area contributed by atoms with E-state index in [4.69, 9.17) is 0 Å². The van der Waals surface area contributed by atoms with Crippen LogP contribution in [0.5, 0.6) is 5.75 Å². The summed E-state index contributed by atoms with van der Waals surface area (Å²) in [6, 6.07) is 7.70. The third-order valence-corrected chi connectivity index (χ3v) is 3.60. The molecule has 0 aliphatic rings. The van der Waals surface area contributed by atoms with Crippen molar-refractivity contribution in [3.8, 4) is 5.75 Å². The molecular weight excluding hydrogens is 294 g/mol. The lowest BCUT2D eigenvalue weighted by Crippen LogP contribution is -2.17. The summed E-state index contributed by atoms with van der Waals surface area (Å²) in [4.78, 5) is 22.4. The molecule has 0 aliphatic carbocycles. The van der Waals surface area contributed by atoms with Crippen molar-refractivity contribution in [3.05, 3.63) is 56.5 Å². The van der Waals surface area contributed by atoms with Crippen LogP contribution >= 0.6 is 11.3 Å². The van der Waals surface area contributed by atoms with Crippen LogP contribution in [-0.2, 0) is 0 Å². The summed E-state index contributed by atoms with van der Waals surface area (Å²) < 4.78 is 0. The summed E-state index contributed by atoms with van der Waals surface area (Å²) in [5.74, 6) is -0.657. The molecule has 1 amide bonds. The maximum absolute atomic E-state index is 11.8. The third kappa shape index (κ3) is 3.42. The summed E-state index contributed by atoms with van der Waals surface area (Å²) in [6.07, 6.45) is 1.31. The van der Waals surface area contributed by atoms with Gasteiger partial charge in [-0.1, -0.05) is 23.5 Å². The van der Waals surface area contributed by atoms with E-state index < -0.39 is 10.8 Å². The van der Waals surface area contributed by atoms with Gasteiger partial charge in [0, 0.05) is 6.07 Å². The van der Waals surface area contributed by atoms with Crippen LogP contribution in [0.25, 0.3) is 0 Å². The molecule has 1 heterocycles. The van der Waals surface area contributed by atoms with Crippen LogP contribution in [0.1, 0.15) is 20.8 Å². The Kier molecular flexibility index (Phi) is 4.29. The van der Waals surface area contributed by atoms with Crippen molar-refractivity contribution in [2.24, 2.45) is 5.10 Å². The Morgan fingerprint density at radius 2 is 2.19 bits per heavy atom. The lowest BCUT2D eigenvalue weighted by molar-refractivity contribution is -0.380. The van der Waals surface area contributed by atoms with Crippen LogP contribution in [0.15, 0.2) is 35.4 Å². The molecule has 108 valence electrons. The quantitative estimate of drug-likeness (QED) is 0.514. The number of phenols is 1. The summed E-state index contributed by atoms with van der Waals surface area (Å²) in [5.41, 5.74) is 2.96. The fourth-order valence-electron chi connectivity index (χ4n) is 1.57. The van der Waals surface area contributed by atoms with Crippen LogP contribution in [0.3, 0.4) is 0 Å². The van der Waals surface area contributed by atoms with E-state index in [2.05, 4.69) is 10.5 Å². The van der Waals surface area contributed by atoms with Crippen LogP contribution in [0.4, 0.5) is 5.00 Å². The molecule has 8 heteroatoms. The van der Waals surface area contributed by atoms with Crippen molar-refractivity contribution in [1.82, 2.24) is 5.43 Å². The average molecular weight is 305 g/mol. The summed E-state index contributed by atoms with van der Waals surface area (Å²) in [7, 11) is 0. The van der Waals surface area contributed by atoms with Crippen LogP contribution in [0, 0.1) is 17.0 Å². The Balaban J connectivity index is 2.05. The molecule has 0 radical (unpaired) electrons. The molecule has 7 nitrogen and oxygen atoms in total. The first-order valence-corrected chi connectivity index (χ1v) is 6.67. The zero-order valence-electron chi connectivity index (χ0n) is 10.9. The van der Waals surface area contributed by atoms with E-state index in [0.717, 1.165) is 11.3 Å². The van der Waals surface area contributed by atoms with Gasteiger partial charge in [-0.2, -0.15) is 5.10 Å². The molecule has 21 heavy (non-hydrogen) atoms. The lowest BCUT2D eigenvalue weighted by atomic mass is 10.1. The molecule has 1 aromatic heterocycles. The van der Waals surface area contributed by atoms with E-state index >= 15 is 0 Å². The fraction of sp³-hybridized carbons (Fsp3) is 0.0769. The van der Waals surface area contributed by atoms with E-state index in [-0.39, 0.29) is 16.3 Å². The number of amides is 1. The SMILES string of the molecule is Cc1cccc(C(=O)N/N=C\c2ccc([N+](=O)[O-])s2)c1O. The topological polar surface area (TPSA) is 105 Å². The normalized spacial score (nSPS) is 10.7. The minimum Gasteiger partial charge on any atom is -0.507 e. The molecule has 0 spiro atoms. The van der Waals surface area contributed by atoms with Gasteiger partial charge in [0.25, 0.3) is 5.91 Å². The van der Waals surface area contributed by atoms with Crippen molar-refractivity contribution in [2.75, 3.05) is 0 Å². The minimum atomic E-state index is -0.557. The molecule has 2 rings (SSSR count). The number of nitrogens with one attached hydrogen (secondary N) is 1. The Labute approximate surface area is 123 Å². The van der Waals surface area contributed by atoms with Gasteiger partial charge in [0.05, 0.1) is 21.6 Å². The highest BCUT2D eigenvalue weighted by molar-refractivity contribution is 7.16. The first kappa shape index (κ1) is 14.7. The zero-order chi connectivity index (χ0) is 15.4. The molecule has 0 bridgehead atoms. The van der Waals surface area contributed by atoms with Crippen LogP contribution in [-0.4, -0.2) is 22.2 Å². The number of hydrogen-bond donors (Lipinski definition) is 2. The van der Waals surface area contributed by atoms with E-state index in [1.165, 1.54) is 24.4 Å². The summed E-state index contributed by atoms with van der Waals surface area (Å²) in [6.45, 7) is 1.68. The van der Waals surface area contributed by atoms with Gasteiger partial charge in [-0.3, -0.25) is 14.9 Å². The summed E-state index contributed by atoms with van der Waals surface area (Å²) >= 11 is 0.945. The second-order valence-corrected chi connectivity index (χ2v) is 5.20. The highest BCUT2D eigenvalue weighted by Crippen LogP contribution is 2.23.